The highest BCUT2D eigenvalue weighted by atomic mass is 32.2. The summed E-state index contributed by atoms with van der Waals surface area (Å²) in [7, 11) is -0.867. The van der Waals surface area contributed by atoms with Gasteiger partial charge in [-0.1, -0.05) is 12.1 Å². The Balaban J connectivity index is 1.70. The molecule has 1 aliphatic heterocycles. The van der Waals surface area contributed by atoms with E-state index in [1.165, 1.54) is 0 Å². The van der Waals surface area contributed by atoms with Crippen LogP contribution in [-0.2, 0) is 23.5 Å². The zero-order valence-electron chi connectivity index (χ0n) is 16.0. The largest absolute Gasteiger partial charge is 0.470 e. The van der Waals surface area contributed by atoms with Gasteiger partial charge >= 0.3 is 18.1 Å². The topological polar surface area (TPSA) is 79.5 Å². The number of aromatic nitrogens is 2. The molecule has 1 aliphatic rings. The third-order valence-corrected chi connectivity index (χ3v) is 5.81. The number of alkyl halides is 3. The van der Waals surface area contributed by atoms with E-state index in [2.05, 4.69) is 14.6 Å². The fourth-order valence-electron chi connectivity index (χ4n) is 2.89. The van der Waals surface area contributed by atoms with E-state index in [-0.39, 0.29) is 18.0 Å². The number of carbonyl (C=O) groups excluding carboxylic acids is 1. The van der Waals surface area contributed by atoms with Crippen LogP contribution in [0.25, 0.3) is 11.5 Å². The first-order valence-corrected chi connectivity index (χ1v) is 10.5. The van der Waals surface area contributed by atoms with Crippen LogP contribution in [0.2, 0.25) is 0 Å². The Hall–Kier alpha value is -2.43. The molecule has 29 heavy (non-hydrogen) atoms. The van der Waals surface area contributed by atoms with Crippen molar-refractivity contribution in [1.29, 1.82) is 0 Å². The van der Waals surface area contributed by atoms with Crippen LogP contribution in [-0.4, -0.2) is 60.9 Å². The molecule has 3 rings (SSSR count). The van der Waals surface area contributed by atoms with Crippen LogP contribution in [0.1, 0.15) is 25.3 Å². The van der Waals surface area contributed by atoms with E-state index in [1.807, 2.05) is 13.8 Å². The summed E-state index contributed by atoms with van der Waals surface area (Å²) < 4.78 is 54.0. The number of urea groups is 1. The fraction of sp³-hybridized carbons (Fsp3) is 0.500. The van der Waals surface area contributed by atoms with E-state index in [4.69, 9.17) is 0 Å². The third kappa shape index (κ3) is 5.14. The number of hydrogen-bond donors (Lipinski definition) is 0. The second kappa shape index (κ2) is 8.52. The summed E-state index contributed by atoms with van der Waals surface area (Å²) in [4.78, 5) is 16.3. The minimum Gasteiger partial charge on any atom is -0.413 e. The molecule has 1 fully saturated rings. The zero-order chi connectivity index (χ0) is 21.2. The maximum absolute atomic E-state index is 12.8. The molecule has 0 unspecified atom stereocenters. The molecule has 0 atom stereocenters. The van der Waals surface area contributed by atoms with Crippen molar-refractivity contribution < 1.29 is 26.6 Å². The maximum Gasteiger partial charge on any atom is 0.470 e. The average Bonchev–Trinajstić information content (AvgIpc) is 3.17. The SMILES string of the molecule is CC(C)N(Cc1ccc(-c2nnc(C(F)(F)F)o2)cc1)C(=O)N1CCS(=O)CC1. The predicted octanol–water partition coefficient (Wildman–Crippen LogP) is 3.15. The normalized spacial score (nSPS) is 15.7. The molecule has 0 saturated carbocycles. The van der Waals surface area contributed by atoms with E-state index in [1.54, 1.807) is 34.1 Å². The summed E-state index contributed by atoms with van der Waals surface area (Å²) in [6, 6.07) is 6.40. The van der Waals surface area contributed by atoms with Gasteiger partial charge in [-0.25, -0.2) is 4.79 Å². The molecule has 2 amide bonds. The summed E-state index contributed by atoms with van der Waals surface area (Å²) in [5.41, 5.74) is 1.17. The third-order valence-electron chi connectivity index (χ3n) is 4.54. The number of rotatable bonds is 4. The summed E-state index contributed by atoms with van der Waals surface area (Å²) >= 11 is 0. The lowest BCUT2D eigenvalue weighted by atomic mass is 10.1. The van der Waals surface area contributed by atoms with Crippen molar-refractivity contribution in [3.8, 4) is 11.5 Å². The van der Waals surface area contributed by atoms with Gasteiger partial charge < -0.3 is 14.2 Å². The standard InChI is InChI=1S/C18H21F3N4O3S/c1-12(2)25(17(26)24-7-9-29(27)10-8-24)11-13-3-5-14(6-4-13)15-22-23-16(28-15)18(19,20)21/h3-6,12H,7-11H2,1-2H3. The first kappa shape index (κ1) is 21.3. The molecule has 1 aromatic heterocycles. The van der Waals surface area contributed by atoms with Gasteiger partial charge in [-0.3, -0.25) is 4.21 Å². The highest BCUT2D eigenvalue weighted by Gasteiger charge is 2.38. The first-order chi connectivity index (χ1) is 13.6. The number of carbonyl (C=O) groups is 1. The lowest BCUT2D eigenvalue weighted by Gasteiger charge is -2.35. The predicted molar refractivity (Wildman–Crippen MR) is 100 cm³/mol. The quantitative estimate of drug-likeness (QED) is 0.745. The second-order valence-corrected chi connectivity index (χ2v) is 8.64. The van der Waals surface area contributed by atoms with Crippen LogP contribution in [0.15, 0.2) is 28.7 Å². The Morgan fingerprint density at radius 3 is 2.34 bits per heavy atom. The molecule has 1 aromatic carbocycles. The summed E-state index contributed by atoms with van der Waals surface area (Å²) in [6.45, 7) is 5.09. The van der Waals surface area contributed by atoms with Crippen molar-refractivity contribution in [2.45, 2.75) is 32.6 Å². The first-order valence-electron chi connectivity index (χ1n) is 9.05. The Morgan fingerprint density at radius 2 is 1.83 bits per heavy atom. The molecule has 0 aliphatic carbocycles. The Kier molecular flexibility index (Phi) is 6.25. The molecular weight excluding hydrogens is 409 g/mol. The maximum atomic E-state index is 12.8. The summed E-state index contributed by atoms with van der Waals surface area (Å²) in [5, 5.41) is 6.45. The molecule has 11 heteroatoms. The molecule has 158 valence electrons. The van der Waals surface area contributed by atoms with E-state index in [0.717, 1.165) is 5.56 Å². The van der Waals surface area contributed by atoms with Gasteiger partial charge in [-0.2, -0.15) is 13.2 Å². The number of benzene rings is 1. The number of halogens is 3. The molecule has 2 heterocycles. The van der Waals surface area contributed by atoms with Gasteiger partial charge in [0.15, 0.2) is 0 Å². The summed E-state index contributed by atoms with van der Waals surface area (Å²) in [6.07, 6.45) is -4.69. The average molecular weight is 430 g/mol. The molecule has 0 spiro atoms. The summed E-state index contributed by atoms with van der Waals surface area (Å²) in [5.74, 6) is -0.648. The monoisotopic (exact) mass is 430 g/mol. The van der Waals surface area contributed by atoms with Crippen molar-refractivity contribution >= 4 is 16.8 Å². The van der Waals surface area contributed by atoms with E-state index < -0.39 is 22.9 Å². The zero-order valence-corrected chi connectivity index (χ0v) is 16.8. The van der Waals surface area contributed by atoms with Crippen LogP contribution in [0.3, 0.4) is 0 Å². The van der Waals surface area contributed by atoms with Gasteiger partial charge in [-0.15, -0.1) is 10.2 Å². The van der Waals surface area contributed by atoms with Gasteiger partial charge in [0.25, 0.3) is 0 Å². The van der Waals surface area contributed by atoms with Crippen LogP contribution in [0.4, 0.5) is 18.0 Å². The number of hydrogen-bond acceptors (Lipinski definition) is 5. The Morgan fingerprint density at radius 1 is 1.21 bits per heavy atom. The molecular formula is C18H21F3N4O3S. The minimum atomic E-state index is -4.69. The van der Waals surface area contributed by atoms with E-state index >= 15 is 0 Å². The van der Waals surface area contributed by atoms with Crippen molar-refractivity contribution in [3.63, 3.8) is 0 Å². The molecule has 1 saturated heterocycles. The van der Waals surface area contributed by atoms with Gasteiger partial charge in [0.2, 0.25) is 5.89 Å². The smallest absolute Gasteiger partial charge is 0.413 e. The molecule has 2 aromatic rings. The fourth-order valence-corrected chi connectivity index (χ4v) is 3.94. The van der Waals surface area contributed by atoms with Gasteiger partial charge in [0, 0.05) is 53.5 Å². The minimum absolute atomic E-state index is 0.0557. The van der Waals surface area contributed by atoms with Crippen molar-refractivity contribution in [1.82, 2.24) is 20.0 Å². The van der Waals surface area contributed by atoms with Crippen molar-refractivity contribution in [2.24, 2.45) is 0 Å². The highest BCUT2D eigenvalue weighted by molar-refractivity contribution is 7.85. The van der Waals surface area contributed by atoms with Crippen molar-refractivity contribution in [3.05, 3.63) is 35.7 Å². The van der Waals surface area contributed by atoms with E-state index in [0.29, 0.717) is 36.7 Å². The Bertz CT molecular complexity index is 873. The second-order valence-electron chi connectivity index (χ2n) is 6.95. The van der Waals surface area contributed by atoms with Crippen LogP contribution in [0.5, 0.6) is 0 Å². The van der Waals surface area contributed by atoms with Gasteiger partial charge in [0.1, 0.15) is 0 Å². The molecule has 0 N–H and O–H groups in total. The van der Waals surface area contributed by atoms with Gasteiger partial charge in [0.05, 0.1) is 0 Å². The number of nitrogens with zero attached hydrogens (tertiary/aromatic N) is 4. The van der Waals surface area contributed by atoms with Gasteiger partial charge in [-0.05, 0) is 31.5 Å². The lowest BCUT2D eigenvalue weighted by Crippen LogP contribution is -2.50. The number of amides is 2. The van der Waals surface area contributed by atoms with Crippen LogP contribution in [0, 0.1) is 0 Å². The Labute approximate surface area is 168 Å². The van der Waals surface area contributed by atoms with Crippen molar-refractivity contribution in [2.75, 3.05) is 24.6 Å². The highest BCUT2D eigenvalue weighted by Crippen LogP contribution is 2.30. The molecule has 0 bridgehead atoms. The molecule has 0 radical (unpaired) electrons. The van der Waals surface area contributed by atoms with E-state index in [9.17, 15) is 22.2 Å². The van der Waals surface area contributed by atoms with Crippen LogP contribution >= 0.6 is 0 Å². The lowest BCUT2D eigenvalue weighted by molar-refractivity contribution is -0.156. The van der Waals surface area contributed by atoms with Crippen LogP contribution < -0.4 is 0 Å². The molecule has 7 nitrogen and oxygen atoms in total.